The summed E-state index contributed by atoms with van der Waals surface area (Å²) in [6, 6.07) is 10.6. The van der Waals surface area contributed by atoms with Crippen molar-refractivity contribution in [2.75, 3.05) is 14.1 Å². The Morgan fingerprint density at radius 1 is 1.00 bits per heavy atom. The van der Waals surface area contributed by atoms with Crippen molar-refractivity contribution >= 4 is 5.91 Å². The van der Waals surface area contributed by atoms with Gasteiger partial charge in [0.25, 0.3) is 5.91 Å². The van der Waals surface area contributed by atoms with Gasteiger partial charge in [-0.05, 0) is 37.4 Å². The molecule has 3 nitrogen and oxygen atoms in total. The topological polar surface area (TPSA) is 32.3 Å². The van der Waals surface area contributed by atoms with E-state index in [4.69, 9.17) is 0 Å². The van der Waals surface area contributed by atoms with Crippen LogP contribution >= 0.6 is 0 Å². The monoisotopic (exact) mass is 304 g/mol. The first-order chi connectivity index (χ1) is 10.4. The van der Waals surface area contributed by atoms with Crippen molar-refractivity contribution in [2.24, 2.45) is 0 Å². The van der Waals surface area contributed by atoms with Crippen molar-refractivity contribution in [1.29, 1.82) is 0 Å². The molecule has 22 heavy (non-hydrogen) atoms. The van der Waals surface area contributed by atoms with Crippen molar-refractivity contribution < 1.29 is 13.6 Å². The third kappa shape index (κ3) is 4.63. The SMILES string of the molecule is CN(C)Cc1ccc(CNC(=O)c2cc(F)cc(F)c2)cc1. The van der Waals surface area contributed by atoms with E-state index in [9.17, 15) is 13.6 Å². The quantitative estimate of drug-likeness (QED) is 0.921. The van der Waals surface area contributed by atoms with Gasteiger partial charge in [0.15, 0.2) is 0 Å². The molecule has 2 rings (SSSR count). The molecule has 116 valence electrons. The summed E-state index contributed by atoms with van der Waals surface area (Å²) in [5.74, 6) is -2.04. The summed E-state index contributed by atoms with van der Waals surface area (Å²) >= 11 is 0. The highest BCUT2D eigenvalue weighted by atomic mass is 19.1. The van der Waals surface area contributed by atoms with Gasteiger partial charge in [0.1, 0.15) is 11.6 Å². The molecule has 0 atom stereocenters. The Bertz CT molecular complexity index is 634. The van der Waals surface area contributed by atoms with Crippen molar-refractivity contribution in [2.45, 2.75) is 13.1 Å². The van der Waals surface area contributed by atoms with Gasteiger partial charge < -0.3 is 10.2 Å². The highest BCUT2D eigenvalue weighted by molar-refractivity contribution is 5.94. The van der Waals surface area contributed by atoms with E-state index in [0.717, 1.165) is 30.3 Å². The molecule has 0 unspecified atom stereocenters. The van der Waals surface area contributed by atoms with E-state index < -0.39 is 17.5 Å². The van der Waals surface area contributed by atoms with Crippen LogP contribution in [0, 0.1) is 11.6 Å². The molecule has 0 heterocycles. The maximum absolute atomic E-state index is 13.1. The summed E-state index contributed by atoms with van der Waals surface area (Å²) in [5, 5.41) is 2.65. The fourth-order valence-electron chi connectivity index (χ4n) is 2.10. The Morgan fingerprint density at radius 3 is 2.09 bits per heavy atom. The molecule has 5 heteroatoms. The number of nitrogens with one attached hydrogen (secondary N) is 1. The van der Waals surface area contributed by atoms with Crippen LogP contribution in [0.3, 0.4) is 0 Å². The lowest BCUT2D eigenvalue weighted by Gasteiger charge is -2.10. The zero-order valence-electron chi connectivity index (χ0n) is 12.6. The van der Waals surface area contributed by atoms with Gasteiger partial charge in [0, 0.05) is 24.7 Å². The Kier molecular flexibility index (Phi) is 5.22. The first-order valence-electron chi connectivity index (χ1n) is 6.91. The zero-order chi connectivity index (χ0) is 16.1. The number of benzene rings is 2. The second kappa shape index (κ2) is 7.13. The van der Waals surface area contributed by atoms with Crippen molar-refractivity contribution in [1.82, 2.24) is 10.2 Å². The highest BCUT2D eigenvalue weighted by Gasteiger charge is 2.09. The predicted octanol–water partition coefficient (Wildman–Crippen LogP) is 2.96. The smallest absolute Gasteiger partial charge is 0.251 e. The minimum atomic E-state index is -0.766. The van der Waals surface area contributed by atoms with Crippen LogP contribution in [0.1, 0.15) is 21.5 Å². The fourth-order valence-corrected chi connectivity index (χ4v) is 2.10. The largest absolute Gasteiger partial charge is 0.348 e. The van der Waals surface area contributed by atoms with E-state index in [-0.39, 0.29) is 5.56 Å². The summed E-state index contributed by atoms with van der Waals surface area (Å²) in [5.41, 5.74) is 2.07. The molecule has 1 N–H and O–H groups in total. The average Bonchev–Trinajstić information content (AvgIpc) is 2.44. The van der Waals surface area contributed by atoms with Crippen molar-refractivity contribution in [3.8, 4) is 0 Å². The van der Waals surface area contributed by atoms with Gasteiger partial charge in [-0.1, -0.05) is 24.3 Å². The van der Waals surface area contributed by atoms with Crippen molar-refractivity contribution in [3.63, 3.8) is 0 Å². The molecule has 0 radical (unpaired) electrons. The molecule has 0 aliphatic carbocycles. The average molecular weight is 304 g/mol. The van der Waals surface area contributed by atoms with Crippen molar-refractivity contribution in [3.05, 3.63) is 70.8 Å². The molecule has 0 aliphatic heterocycles. The Hall–Kier alpha value is -2.27. The number of hydrogen-bond donors (Lipinski definition) is 1. The molecule has 2 aromatic carbocycles. The number of carbonyl (C=O) groups excluding carboxylic acids is 1. The standard InChI is InChI=1S/C17H18F2N2O/c1-21(2)11-13-5-3-12(4-6-13)10-20-17(22)14-7-15(18)9-16(19)8-14/h3-9H,10-11H2,1-2H3,(H,20,22). The Labute approximate surface area is 128 Å². The van der Waals surface area contributed by atoms with Gasteiger partial charge in [-0.15, -0.1) is 0 Å². The van der Waals surface area contributed by atoms with Gasteiger partial charge in [0.05, 0.1) is 0 Å². The van der Waals surface area contributed by atoms with E-state index in [1.165, 1.54) is 5.56 Å². The lowest BCUT2D eigenvalue weighted by molar-refractivity contribution is 0.0950. The lowest BCUT2D eigenvalue weighted by atomic mass is 10.1. The second-order valence-electron chi connectivity index (χ2n) is 5.40. The van der Waals surface area contributed by atoms with Gasteiger partial charge in [0.2, 0.25) is 0 Å². The summed E-state index contributed by atoms with van der Waals surface area (Å²) < 4.78 is 26.2. The molecule has 0 fully saturated rings. The van der Waals surface area contributed by atoms with Crippen LogP contribution in [0.4, 0.5) is 8.78 Å². The third-order valence-corrected chi connectivity index (χ3v) is 3.10. The number of nitrogens with zero attached hydrogens (tertiary/aromatic N) is 1. The number of amides is 1. The number of hydrogen-bond acceptors (Lipinski definition) is 2. The van der Waals surface area contributed by atoms with Crippen LogP contribution in [-0.2, 0) is 13.1 Å². The van der Waals surface area contributed by atoms with E-state index in [2.05, 4.69) is 10.2 Å². The molecule has 0 bridgehead atoms. The molecule has 0 saturated heterocycles. The second-order valence-corrected chi connectivity index (χ2v) is 5.40. The van der Waals surface area contributed by atoms with Crippen LogP contribution in [0.2, 0.25) is 0 Å². The number of halogens is 2. The summed E-state index contributed by atoms with van der Waals surface area (Å²) in [6.07, 6.45) is 0. The minimum absolute atomic E-state index is 0.0262. The first-order valence-corrected chi connectivity index (χ1v) is 6.91. The fraction of sp³-hybridized carbons (Fsp3) is 0.235. The van der Waals surface area contributed by atoms with E-state index in [0.29, 0.717) is 6.54 Å². The normalized spacial score (nSPS) is 10.8. The maximum Gasteiger partial charge on any atom is 0.251 e. The van der Waals surface area contributed by atoms with Crippen LogP contribution in [0.25, 0.3) is 0 Å². The van der Waals surface area contributed by atoms with Gasteiger partial charge in [-0.2, -0.15) is 0 Å². The first kappa shape index (κ1) is 16.1. The minimum Gasteiger partial charge on any atom is -0.348 e. The summed E-state index contributed by atoms with van der Waals surface area (Å²) in [7, 11) is 3.98. The molecule has 0 aliphatic rings. The lowest BCUT2D eigenvalue weighted by Crippen LogP contribution is -2.23. The summed E-state index contributed by atoms with van der Waals surface area (Å²) in [6.45, 7) is 1.15. The number of rotatable bonds is 5. The Morgan fingerprint density at radius 2 is 1.55 bits per heavy atom. The molecular weight excluding hydrogens is 286 g/mol. The summed E-state index contributed by atoms with van der Waals surface area (Å²) in [4.78, 5) is 13.9. The highest BCUT2D eigenvalue weighted by Crippen LogP contribution is 2.09. The van der Waals surface area contributed by atoms with E-state index in [1.54, 1.807) is 0 Å². The number of carbonyl (C=O) groups is 1. The zero-order valence-corrected chi connectivity index (χ0v) is 12.6. The van der Waals surface area contributed by atoms with Gasteiger partial charge in [-0.25, -0.2) is 8.78 Å². The van der Waals surface area contributed by atoms with Crippen LogP contribution in [-0.4, -0.2) is 24.9 Å². The molecule has 0 aromatic heterocycles. The molecule has 0 saturated carbocycles. The van der Waals surface area contributed by atoms with Crippen LogP contribution in [0.5, 0.6) is 0 Å². The molecule has 2 aromatic rings. The van der Waals surface area contributed by atoms with Gasteiger partial charge in [-0.3, -0.25) is 4.79 Å². The van der Waals surface area contributed by atoms with Crippen LogP contribution in [0.15, 0.2) is 42.5 Å². The van der Waals surface area contributed by atoms with Gasteiger partial charge >= 0.3 is 0 Å². The Balaban J connectivity index is 1.96. The molecular formula is C17H18F2N2O. The van der Waals surface area contributed by atoms with Crippen LogP contribution < -0.4 is 5.32 Å². The van der Waals surface area contributed by atoms with E-state index >= 15 is 0 Å². The van der Waals surface area contributed by atoms with E-state index in [1.807, 2.05) is 38.4 Å². The maximum atomic E-state index is 13.1. The third-order valence-electron chi connectivity index (χ3n) is 3.10. The molecule has 0 spiro atoms. The predicted molar refractivity (Wildman–Crippen MR) is 81.4 cm³/mol. The molecule has 1 amide bonds.